The Balaban J connectivity index is 4.16. The Morgan fingerprint density at radius 2 is 1.52 bits per heavy atom. The second-order valence-electron chi connectivity index (χ2n) is 9.26. The molecule has 0 N–H and O–H groups in total. The topological polar surface area (TPSA) is 12.5 Å². The van der Waals surface area contributed by atoms with Crippen molar-refractivity contribution in [2.75, 3.05) is 33.4 Å². The van der Waals surface area contributed by atoms with Crippen LogP contribution in [-0.2, 0) is 4.74 Å². The average molecular weight is 328 g/mol. The van der Waals surface area contributed by atoms with Crippen LogP contribution in [0.15, 0.2) is 0 Å². The zero-order valence-electron chi connectivity index (χ0n) is 17.7. The van der Waals surface area contributed by atoms with E-state index in [1.807, 2.05) is 0 Å². The van der Waals surface area contributed by atoms with Crippen LogP contribution in [0.3, 0.4) is 0 Å². The molecule has 0 saturated heterocycles. The van der Waals surface area contributed by atoms with Crippen LogP contribution in [0.1, 0.15) is 81.1 Å². The van der Waals surface area contributed by atoms with E-state index in [4.69, 9.17) is 4.74 Å². The van der Waals surface area contributed by atoms with Gasteiger partial charge in [-0.05, 0) is 68.0 Å². The Morgan fingerprint density at radius 1 is 0.913 bits per heavy atom. The van der Waals surface area contributed by atoms with E-state index in [1.54, 1.807) is 7.11 Å². The molecule has 0 rings (SSSR count). The van der Waals surface area contributed by atoms with Crippen molar-refractivity contribution in [3.63, 3.8) is 0 Å². The molecule has 0 aliphatic rings. The van der Waals surface area contributed by atoms with Crippen molar-refractivity contribution >= 4 is 0 Å². The van der Waals surface area contributed by atoms with Gasteiger partial charge in [0, 0.05) is 13.7 Å². The molecule has 2 heteroatoms. The molecule has 0 heterocycles. The van der Waals surface area contributed by atoms with Crippen molar-refractivity contribution in [1.82, 2.24) is 4.90 Å². The minimum Gasteiger partial charge on any atom is -0.385 e. The van der Waals surface area contributed by atoms with Crippen molar-refractivity contribution in [1.29, 1.82) is 0 Å². The van der Waals surface area contributed by atoms with Gasteiger partial charge in [0.2, 0.25) is 0 Å². The predicted molar refractivity (Wildman–Crippen MR) is 104 cm³/mol. The van der Waals surface area contributed by atoms with E-state index >= 15 is 0 Å². The summed E-state index contributed by atoms with van der Waals surface area (Å²) < 4.78 is 5.24. The van der Waals surface area contributed by atoms with Crippen molar-refractivity contribution in [2.24, 2.45) is 22.7 Å². The second-order valence-corrected chi connectivity index (χ2v) is 9.26. The quantitative estimate of drug-likeness (QED) is 0.445. The summed E-state index contributed by atoms with van der Waals surface area (Å²) in [5.74, 6) is 1.50. The highest BCUT2D eigenvalue weighted by Crippen LogP contribution is 2.34. The lowest BCUT2D eigenvalue weighted by molar-refractivity contribution is 0.124. The van der Waals surface area contributed by atoms with Crippen LogP contribution in [0.5, 0.6) is 0 Å². The fourth-order valence-electron chi connectivity index (χ4n) is 2.93. The molecular weight excluding hydrogens is 282 g/mol. The zero-order valence-corrected chi connectivity index (χ0v) is 17.7. The molecule has 0 aromatic heterocycles. The van der Waals surface area contributed by atoms with E-state index in [9.17, 15) is 0 Å². The van der Waals surface area contributed by atoms with Gasteiger partial charge in [-0.1, -0.05) is 55.4 Å². The van der Waals surface area contributed by atoms with Crippen molar-refractivity contribution < 1.29 is 4.74 Å². The van der Waals surface area contributed by atoms with Gasteiger partial charge in [-0.25, -0.2) is 0 Å². The summed E-state index contributed by atoms with van der Waals surface area (Å²) >= 11 is 0. The Hall–Kier alpha value is -0.0800. The molecule has 0 saturated carbocycles. The normalized spacial score (nSPS) is 15.9. The van der Waals surface area contributed by atoms with Crippen LogP contribution >= 0.6 is 0 Å². The van der Waals surface area contributed by atoms with Gasteiger partial charge >= 0.3 is 0 Å². The number of ether oxygens (including phenoxy) is 1. The molecule has 0 amide bonds. The van der Waals surface area contributed by atoms with Crippen molar-refractivity contribution in [3.8, 4) is 0 Å². The first-order valence-electron chi connectivity index (χ1n) is 9.75. The maximum absolute atomic E-state index is 5.24. The number of hydrogen-bond acceptors (Lipinski definition) is 2. The lowest BCUT2D eigenvalue weighted by atomic mass is 9.75. The fourth-order valence-corrected chi connectivity index (χ4v) is 2.93. The maximum atomic E-state index is 5.24. The van der Waals surface area contributed by atoms with Crippen molar-refractivity contribution in [2.45, 2.75) is 81.1 Å². The van der Waals surface area contributed by atoms with Crippen LogP contribution in [0, 0.1) is 22.7 Å². The molecular formula is C21H45NO. The molecule has 23 heavy (non-hydrogen) atoms. The second kappa shape index (κ2) is 10.7. The summed E-state index contributed by atoms with van der Waals surface area (Å²) in [5, 5.41) is 0. The lowest BCUT2D eigenvalue weighted by Crippen LogP contribution is -2.31. The Morgan fingerprint density at radius 3 is 2.00 bits per heavy atom. The third-order valence-electron chi connectivity index (χ3n) is 6.19. The Bertz CT molecular complexity index is 293. The molecule has 0 aromatic carbocycles. The number of methoxy groups -OCH3 is 1. The third-order valence-corrected chi connectivity index (χ3v) is 6.19. The van der Waals surface area contributed by atoms with E-state index in [0.717, 1.165) is 18.4 Å². The van der Waals surface area contributed by atoms with E-state index in [1.165, 1.54) is 45.3 Å². The van der Waals surface area contributed by atoms with Crippen LogP contribution in [0.25, 0.3) is 0 Å². The van der Waals surface area contributed by atoms with Crippen LogP contribution in [0.4, 0.5) is 0 Å². The first kappa shape index (κ1) is 22.9. The van der Waals surface area contributed by atoms with Gasteiger partial charge in [-0.2, -0.15) is 0 Å². The lowest BCUT2D eigenvalue weighted by Gasteiger charge is -2.33. The van der Waals surface area contributed by atoms with E-state index in [0.29, 0.717) is 10.8 Å². The number of hydrogen-bond donors (Lipinski definition) is 0. The van der Waals surface area contributed by atoms with Gasteiger partial charge in [0.15, 0.2) is 0 Å². The first-order chi connectivity index (χ1) is 10.5. The van der Waals surface area contributed by atoms with Crippen LogP contribution in [-0.4, -0.2) is 38.3 Å². The minimum absolute atomic E-state index is 0.413. The fraction of sp³-hybridized carbons (Fsp3) is 1.00. The summed E-state index contributed by atoms with van der Waals surface area (Å²) in [6.07, 6.45) is 5.10. The molecule has 0 radical (unpaired) electrons. The highest BCUT2D eigenvalue weighted by Gasteiger charge is 2.25. The molecule has 0 spiro atoms. The molecule has 2 unspecified atom stereocenters. The Kier molecular flexibility index (Phi) is 10.7. The molecule has 0 aliphatic heterocycles. The van der Waals surface area contributed by atoms with E-state index in [2.05, 4.69) is 60.3 Å². The van der Waals surface area contributed by atoms with Crippen LogP contribution in [0.2, 0.25) is 0 Å². The molecule has 0 fully saturated rings. The summed E-state index contributed by atoms with van der Waals surface area (Å²) in [5.41, 5.74) is 0.842. The zero-order chi connectivity index (χ0) is 18.1. The maximum Gasteiger partial charge on any atom is 0.0465 e. The monoisotopic (exact) mass is 327 g/mol. The standard InChI is InChI=1S/C21H45NO/c1-10-22(16-12-18(2)20(4,5)6)15-11-14-21(7,8)19(3)13-17-23-9/h18-19H,10-17H2,1-9H3. The molecule has 0 bridgehead atoms. The average Bonchev–Trinajstić information content (AvgIpc) is 2.46. The van der Waals surface area contributed by atoms with Crippen LogP contribution < -0.4 is 0 Å². The molecule has 0 aromatic rings. The van der Waals surface area contributed by atoms with Crippen molar-refractivity contribution in [3.05, 3.63) is 0 Å². The smallest absolute Gasteiger partial charge is 0.0465 e. The number of nitrogens with zero attached hydrogens (tertiary/aromatic N) is 1. The third kappa shape index (κ3) is 9.72. The minimum atomic E-state index is 0.413. The predicted octanol–water partition coefficient (Wildman–Crippen LogP) is 5.86. The molecule has 2 atom stereocenters. The summed E-state index contributed by atoms with van der Waals surface area (Å²) in [6, 6.07) is 0. The van der Waals surface area contributed by atoms with Gasteiger partial charge in [-0.3, -0.25) is 0 Å². The SMILES string of the molecule is CCN(CCCC(C)(C)C(C)CCOC)CCC(C)C(C)(C)C. The highest BCUT2D eigenvalue weighted by atomic mass is 16.5. The molecule has 140 valence electrons. The number of rotatable bonds is 12. The van der Waals surface area contributed by atoms with E-state index in [-0.39, 0.29) is 0 Å². The highest BCUT2D eigenvalue weighted by molar-refractivity contribution is 4.76. The van der Waals surface area contributed by atoms with E-state index < -0.39 is 0 Å². The first-order valence-corrected chi connectivity index (χ1v) is 9.75. The van der Waals surface area contributed by atoms with Gasteiger partial charge in [0.1, 0.15) is 0 Å². The van der Waals surface area contributed by atoms with Gasteiger partial charge in [0.25, 0.3) is 0 Å². The molecule has 0 aliphatic carbocycles. The summed E-state index contributed by atoms with van der Waals surface area (Å²) in [7, 11) is 1.80. The van der Waals surface area contributed by atoms with Gasteiger partial charge < -0.3 is 9.64 Å². The Labute approximate surface area is 147 Å². The largest absolute Gasteiger partial charge is 0.385 e. The molecule has 2 nitrogen and oxygen atoms in total. The summed E-state index contributed by atoms with van der Waals surface area (Å²) in [6.45, 7) is 23.5. The van der Waals surface area contributed by atoms with Gasteiger partial charge in [-0.15, -0.1) is 0 Å². The van der Waals surface area contributed by atoms with Gasteiger partial charge in [0.05, 0.1) is 0 Å². The summed E-state index contributed by atoms with van der Waals surface area (Å²) in [4.78, 5) is 2.64.